The van der Waals surface area contributed by atoms with Crippen molar-refractivity contribution in [3.63, 3.8) is 0 Å². The van der Waals surface area contributed by atoms with Crippen LogP contribution < -0.4 is 4.74 Å². The molecule has 6 heteroatoms. The van der Waals surface area contributed by atoms with Crippen molar-refractivity contribution in [3.8, 4) is 5.75 Å². The van der Waals surface area contributed by atoms with Crippen molar-refractivity contribution in [2.75, 3.05) is 20.3 Å². The Labute approximate surface area is 103 Å². The number of hydrogen-bond donors (Lipinski definition) is 0. The average Bonchev–Trinajstić information content (AvgIpc) is 2.33. The maximum Gasteiger partial charge on any atom is 0.417 e. The summed E-state index contributed by atoms with van der Waals surface area (Å²) >= 11 is 0. The van der Waals surface area contributed by atoms with Crippen LogP contribution in [0.2, 0.25) is 0 Å². The van der Waals surface area contributed by atoms with Crippen molar-refractivity contribution in [2.45, 2.75) is 12.6 Å². The van der Waals surface area contributed by atoms with Crippen LogP contribution >= 0.6 is 0 Å². The molecule has 0 saturated carbocycles. The van der Waals surface area contributed by atoms with Crippen molar-refractivity contribution in [1.82, 2.24) is 0 Å². The van der Waals surface area contributed by atoms with Crippen LogP contribution in [0.15, 0.2) is 18.2 Å². The number of methoxy groups -OCH3 is 1. The van der Waals surface area contributed by atoms with Gasteiger partial charge in [-0.25, -0.2) is 0 Å². The van der Waals surface area contributed by atoms with Crippen LogP contribution in [0.5, 0.6) is 5.75 Å². The lowest BCUT2D eigenvalue weighted by Gasteiger charge is -2.12. The molecule has 0 heterocycles. The highest BCUT2D eigenvalue weighted by Crippen LogP contribution is 2.33. The molecule has 0 radical (unpaired) electrons. The van der Waals surface area contributed by atoms with E-state index in [9.17, 15) is 18.0 Å². The van der Waals surface area contributed by atoms with E-state index in [-0.39, 0.29) is 18.6 Å². The van der Waals surface area contributed by atoms with Crippen molar-refractivity contribution >= 4 is 6.29 Å². The molecule has 1 aromatic carbocycles. The topological polar surface area (TPSA) is 35.5 Å². The second-order valence-corrected chi connectivity index (χ2v) is 3.56. The molecule has 0 amide bonds. The van der Waals surface area contributed by atoms with Gasteiger partial charge in [0.05, 0.1) is 12.2 Å². The molecule has 18 heavy (non-hydrogen) atoms. The highest BCUT2D eigenvalue weighted by molar-refractivity contribution is 5.78. The minimum absolute atomic E-state index is 0.0871. The van der Waals surface area contributed by atoms with Crippen molar-refractivity contribution in [2.24, 2.45) is 0 Å². The Morgan fingerprint density at radius 2 is 2.00 bits per heavy atom. The molecule has 0 aliphatic rings. The number of alkyl halides is 3. The van der Waals surface area contributed by atoms with Crippen molar-refractivity contribution in [3.05, 3.63) is 29.3 Å². The first-order valence-corrected chi connectivity index (χ1v) is 5.27. The fourth-order valence-corrected chi connectivity index (χ4v) is 1.37. The number of ether oxygens (including phenoxy) is 2. The van der Waals surface area contributed by atoms with E-state index < -0.39 is 17.3 Å². The van der Waals surface area contributed by atoms with E-state index in [1.54, 1.807) is 0 Å². The van der Waals surface area contributed by atoms with Crippen LogP contribution in [-0.4, -0.2) is 26.6 Å². The third-order valence-electron chi connectivity index (χ3n) is 2.22. The number of carbonyl (C=O) groups is 1. The Bertz CT molecular complexity index is 402. The van der Waals surface area contributed by atoms with Crippen LogP contribution in [0, 0.1) is 0 Å². The van der Waals surface area contributed by atoms with Gasteiger partial charge in [0, 0.05) is 25.7 Å². The molecular weight excluding hydrogens is 249 g/mol. The number of carbonyl (C=O) groups excluding carboxylic acids is 1. The summed E-state index contributed by atoms with van der Waals surface area (Å²) in [6.45, 7) is 0.726. The molecule has 3 nitrogen and oxygen atoms in total. The summed E-state index contributed by atoms with van der Waals surface area (Å²) in [5, 5.41) is 0. The molecule has 0 atom stereocenters. The maximum absolute atomic E-state index is 12.6. The van der Waals surface area contributed by atoms with Crippen LogP contribution in [0.25, 0.3) is 0 Å². The lowest BCUT2D eigenvalue weighted by Crippen LogP contribution is -2.10. The van der Waals surface area contributed by atoms with Crippen LogP contribution in [0.3, 0.4) is 0 Å². The SMILES string of the molecule is COCCCOc1ccc(C=O)c(C(F)(F)F)c1. The summed E-state index contributed by atoms with van der Waals surface area (Å²) in [5.41, 5.74) is -1.38. The van der Waals surface area contributed by atoms with Gasteiger partial charge in [0.1, 0.15) is 5.75 Å². The summed E-state index contributed by atoms with van der Waals surface area (Å²) in [6.07, 6.45) is -3.81. The highest BCUT2D eigenvalue weighted by Gasteiger charge is 2.33. The van der Waals surface area contributed by atoms with E-state index >= 15 is 0 Å². The third kappa shape index (κ3) is 4.03. The Morgan fingerprint density at radius 3 is 2.56 bits per heavy atom. The van der Waals surface area contributed by atoms with E-state index in [1.807, 2.05) is 0 Å². The lowest BCUT2D eigenvalue weighted by atomic mass is 10.1. The molecule has 0 aliphatic heterocycles. The quantitative estimate of drug-likeness (QED) is 0.584. The van der Waals surface area contributed by atoms with Crippen LogP contribution in [-0.2, 0) is 10.9 Å². The summed E-state index contributed by atoms with van der Waals surface area (Å²) in [4.78, 5) is 10.5. The summed E-state index contributed by atoms with van der Waals surface area (Å²) in [6, 6.07) is 3.27. The predicted octanol–water partition coefficient (Wildman–Crippen LogP) is 2.93. The number of halogens is 3. The summed E-state index contributed by atoms with van der Waals surface area (Å²) < 4.78 is 47.8. The molecule has 1 rings (SSSR count). The number of aldehydes is 1. The van der Waals surface area contributed by atoms with E-state index in [0.717, 1.165) is 12.1 Å². The zero-order valence-corrected chi connectivity index (χ0v) is 9.79. The molecule has 0 saturated heterocycles. The first-order valence-electron chi connectivity index (χ1n) is 5.27. The van der Waals surface area contributed by atoms with E-state index in [4.69, 9.17) is 9.47 Å². The first kappa shape index (κ1) is 14.5. The van der Waals surface area contributed by atoms with Gasteiger partial charge >= 0.3 is 6.18 Å². The fourth-order valence-electron chi connectivity index (χ4n) is 1.37. The van der Waals surface area contributed by atoms with Gasteiger partial charge in [-0.2, -0.15) is 13.2 Å². The third-order valence-corrected chi connectivity index (χ3v) is 2.22. The van der Waals surface area contributed by atoms with Gasteiger partial charge in [0.25, 0.3) is 0 Å². The van der Waals surface area contributed by atoms with Crippen LogP contribution in [0.1, 0.15) is 22.3 Å². The normalized spacial score (nSPS) is 11.3. The Balaban J connectivity index is 2.80. The largest absolute Gasteiger partial charge is 0.493 e. The van der Waals surface area contributed by atoms with Crippen molar-refractivity contribution < 1.29 is 27.4 Å². The number of benzene rings is 1. The second kappa shape index (κ2) is 6.39. The monoisotopic (exact) mass is 262 g/mol. The Kier molecular flexibility index (Phi) is 5.15. The van der Waals surface area contributed by atoms with Gasteiger partial charge in [-0.3, -0.25) is 4.79 Å². The zero-order chi connectivity index (χ0) is 13.6. The predicted molar refractivity (Wildman–Crippen MR) is 58.8 cm³/mol. The molecule has 0 spiro atoms. The minimum atomic E-state index is -4.57. The molecule has 100 valence electrons. The standard InChI is InChI=1S/C12H13F3O3/c1-17-5-2-6-18-10-4-3-9(8-16)11(7-10)12(13,14)15/h3-4,7-8H,2,5-6H2,1H3. The maximum atomic E-state index is 12.6. The van der Waals surface area contributed by atoms with E-state index in [1.165, 1.54) is 13.2 Å². The smallest absolute Gasteiger partial charge is 0.417 e. The van der Waals surface area contributed by atoms with Gasteiger partial charge in [0.15, 0.2) is 6.29 Å². The van der Waals surface area contributed by atoms with Gasteiger partial charge in [-0.05, 0) is 18.2 Å². The summed E-state index contributed by atoms with van der Waals surface area (Å²) in [7, 11) is 1.53. The molecule has 0 unspecified atom stereocenters. The van der Waals surface area contributed by atoms with E-state index in [2.05, 4.69) is 0 Å². The second-order valence-electron chi connectivity index (χ2n) is 3.56. The highest BCUT2D eigenvalue weighted by atomic mass is 19.4. The zero-order valence-electron chi connectivity index (χ0n) is 9.79. The van der Waals surface area contributed by atoms with Gasteiger partial charge in [-0.15, -0.1) is 0 Å². The molecule has 0 bridgehead atoms. The number of rotatable bonds is 6. The fraction of sp³-hybridized carbons (Fsp3) is 0.417. The molecule has 0 N–H and O–H groups in total. The Morgan fingerprint density at radius 1 is 1.28 bits per heavy atom. The first-order chi connectivity index (χ1) is 8.49. The lowest BCUT2D eigenvalue weighted by molar-refractivity contribution is -0.137. The molecule has 1 aromatic rings. The molecule has 0 fully saturated rings. The number of hydrogen-bond acceptors (Lipinski definition) is 3. The molecule has 0 aliphatic carbocycles. The average molecular weight is 262 g/mol. The van der Waals surface area contributed by atoms with Gasteiger partial charge in [-0.1, -0.05) is 0 Å². The van der Waals surface area contributed by atoms with Gasteiger partial charge in [0.2, 0.25) is 0 Å². The van der Waals surface area contributed by atoms with Crippen LogP contribution in [0.4, 0.5) is 13.2 Å². The van der Waals surface area contributed by atoms with Crippen molar-refractivity contribution in [1.29, 1.82) is 0 Å². The van der Waals surface area contributed by atoms with E-state index in [0.29, 0.717) is 13.0 Å². The molecule has 0 aromatic heterocycles. The molecular formula is C12H13F3O3. The van der Waals surface area contributed by atoms with Gasteiger partial charge < -0.3 is 9.47 Å². The minimum Gasteiger partial charge on any atom is -0.493 e. The summed E-state index contributed by atoms with van der Waals surface area (Å²) in [5.74, 6) is 0.0871. The Hall–Kier alpha value is -1.56.